The van der Waals surface area contributed by atoms with Crippen LogP contribution in [0, 0.1) is 6.92 Å². The molecule has 7 nitrogen and oxygen atoms in total. The number of pyridine rings is 1. The van der Waals surface area contributed by atoms with Gasteiger partial charge in [-0.1, -0.05) is 18.2 Å². The second-order valence-corrected chi connectivity index (χ2v) is 6.56. The molecule has 0 unspecified atom stereocenters. The number of benzene rings is 2. The molecule has 3 rings (SSSR count). The van der Waals surface area contributed by atoms with Gasteiger partial charge in [0.15, 0.2) is 6.61 Å². The molecule has 2 amide bonds. The first kappa shape index (κ1) is 20.7. The van der Waals surface area contributed by atoms with Crippen molar-refractivity contribution in [1.82, 2.24) is 10.4 Å². The number of carbonyl (C=O) groups is 2. The molecule has 0 aliphatic carbocycles. The number of hydrogen-bond donors (Lipinski definition) is 2. The van der Waals surface area contributed by atoms with E-state index >= 15 is 0 Å². The molecule has 0 atom stereocenters. The minimum absolute atomic E-state index is 0.0953. The van der Waals surface area contributed by atoms with Gasteiger partial charge in [0.2, 0.25) is 0 Å². The van der Waals surface area contributed by atoms with Crippen molar-refractivity contribution in [1.29, 1.82) is 0 Å². The third-order valence-corrected chi connectivity index (χ3v) is 4.31. The monoisotopic (exact) mass is 402 g/mol. The Labute approximate surface area is 174 Å². The molecule has 1 heterocycles. The van der Waals surface area contributed by atoms with E-state index in [4.69, 9.17) is 4.74 Å². The number of aryl methyl sites for hydroxylation is 1. The number of nitrogens with zero attached hydrogens (tertiary/aromatic N) is 2. The Balaban J connectivity index is 1.52. The van der Waals surface area contributed by atoms with Crippen LogP contribution in [0.1, 0.15) is 28.4 Å². The van der Waals surface area contributed by atoms with Crippen LogP contribution in [0.5, 0.6) is 5.75 Å². The number of rotatable bonds is 7. The molecule has 0 radical (unpaired) electrons. The molecule has 0 fully saturated rings. The smallest absolute Gasteiger partial charge is 0.272 e. The highest BCUT2D eigenvalue weighted by Crippen LogP contribution is 2.15. The summed E-state index contributed by atoms with van der Waals surface area (Å²) in [6.07, 6.45) is 3.07. The van der Waals surface area contributed by atoms with Crippen molar-refractivity contribution in [2.45, 2.75) is 13.8 Å². The number of nitrogens with one attached hydrogen (secondary N) is 2. The van der Waals surface area contributed by atoms with Crippen molar-refractivity contribution in [2.24, 2.45) is 5.10 Å². The predicted octanol–water partition coefficient (Wildman–Crippen LogP) is 3.56. The highest BCUT2D eigenvalue weighted by molar-refractivity contribution is 6.00. The number of amides is 2. The molecule has 152 valence electrons. The van der Waals surface area contributed by atoms with Gasteiger partial charge < -0.3 is 10.1 Å². The number of ether oxygens (including phenoxy) is 1. The largest absolute Gasteiger partial charge is 0.484 e. The third-order valence-electron chi connectivity index (χ3n) is 4.31. The van der Waals surface area contributed by atoms with Crippen molar-refractivity contribution in [2.75, 3.05) is 11.9 Å². The molecule has 0 aliphatic heterocycles. The lowest BCUT2D eigenvalue weighted by atomic mass is 10.1. The molecular weight excluding hydrogens is 380 g/mol. The zero-order valence-corrected chi connectivity index (χ0v) is 16.8. The minimum Gasteiger partial charge on any atom is -0.484 e. The fourth-order valence-electron chi connectivity index (χ4n) is 2.60. The van der Waals surface area contributed by atoms with Crippen LogP contribution in [0.4, 0.5) is 5.69 Å². The second-order valence-electron chi connectivity index (χ2n) is 6.56. The maximum absolute atomic E-state index is 12.1. The maximum atomic E-state index is 12.1. The Morgan fingerprint density at radius 2 is 1.77 bits per heavy atom. The van der Waals surface area contributed by atoms with Crippen LogP contribution < -0.4 is 15.5 Å². The summed E-state index contributed by atoms with van der Waals surface area (Å²) in [4.78, 5) is 28.0. The number of para-hydroxylation sites is 1. The van der Waals surface area contributed by atoms with E-state index in [0.29, 0.717) is 17.0 Å². The van der Waals surface area contributed by atoms with E-state index in [-0.39, 0.29) is 18.4 Å². The molecule has 0 saturated heterocycles. The van der Waals surface area contributed by atoms with Gasteiger partial charge in [-0.05, 0) is 67.4 Å². The quantitative estimate of drug-likeness (QED) is 0.467. The summed E-state index contributed by atoms with van der Waals surface area (Å²) in [5.41, 5.74) is 6.14. The average molecular weight is 402 g/mol. The summed E-state index contributed by atoms with van der Waals surface area (Å²) < 4.78 is 5.54. The first-order valence-corrected chi connectivity index (χ1v) is 9.36. The lowest BCUT2D eigenvalue weighted by Gasteiger charge is -2.10. The summed E-state index contributed by atoms with van der Waals surface area (Å²) in [7, 11) is 0. The number of anilines is 1. The second kappa shape index (κ2) is 9.97. The minimum atomic E-state index is -0.331. The van der Waals surface area contributed by atoms with Crippen LogP contribution in [-0.4, -0.2) is 29.1 Å². The van der Waals surface area contributed by atoms with Crippen molar-refractivity contribution < 1.29 is 14.3 Å². The van der Waals surface area contributed by atoms with Crippen molar-refractivity contribution in [3.8, 4) is 5.75 Å². The normalized spacial score (nSPS) is 10.9. The summed E-state index contributed by atoms with van der Waals surface area (Å²) >= 11 is 0. The van der Waals surface area contributed by atoms with E-state index in [2.05, 4.69) is 20.8 Å². The summed E-state index contributed by atoms with van der Waals surface area (Å²) in [5.74, 6) is -0.00261. The Morgan fingerprint density at radius 3 is 2.47 bits per heavy atom. The Bertz CT molecular complexity index is 1050. The van der Waals surface area contributed by atoms with Crippen molar-refractivity contribution >= 4 is 23.2 Å². The molecule has 0 saturated carbocycles. The van der Waals surface area contributed by atoms with Crippen molar-refractivity contribution in [3.63, 3.8) is 0 Å². The topological polar surface area (TPSA) is 92.7 Å². The van der Waals surface area contributed by atoms with Crippen LogP contribution in [-0.2, 0) is 4.79 Å². The van der Waals surface area contributed by atoms with Gasteiger partial charge in [-0.15, -0.1) is 0 Å². The lowest BCUT2D eigenvalue weighted by molar-refractivity contribution is -0.118. The van der Waals surface area contributed by atoms with Gasteiger partial charge in [-0.3, -0.25) is 14.6 Å². The maximum Gasteiger partial charge on any atom is 0.272 e. The van der Waals surface area contributed by atoms with E-state index in [1.807, 2.05) is 43.3 Å². The highest BCUT2D eigenvalue weighted by atomic mass is 16.5. The van der Waals surface area contributed by atoms with E-state index in [9.17, 15) is 9.59 Å². The van der Waals surface area contributed by atoms with Gasteiger partial charge >= 0.3 is 0 Å². The van der Waals surface area contributed by atoms with E-state index < -0.39 is 0 Å². The molecule has 7 heteroatoms. The van der Waals surface area contributed by atoms with Crippen LogP contribution in [0.15, 0.2) is 78.2 Å². The number of carbonyl (C=O) groups excluding carboxylic acids is 2. The molecule has 3 aromatic rings. The van der Waals surface area contributed by atoms with Crippen LogP contribution in [0.3, 0.4) is 0 Å². The zero-order valence-electron chi connectivity index (χ0n) is 16.8. The summed E-state index contributed by atoms with van der Waals surface area (Å²) in [6, 6.07) is 18.0. The summed E-state index contributed by atoms with van der Waals surface area (Å²) in [5, 5.41) is 6.94. The fourth-order valence-corrected chi connectivity index (χ4v) is 2.60. The molecule has 0 aliphatic rings. The molecule has 2 aromatic carbocycles. The molecule has 0 spiro atoms. The van der Waals surface area contributed by atoms with Crippen LogP contribution in [0.25, 0.3) is 0 Å². The number of aromatic nitrogens is 1. The SMILES string of the molecule is C/C(=N/NC(=O)c1cccnc1)c1ccc(OCC(=O)Nc2ccccc2C)cc1. The Morgan fingerprint density at radius 1 is 1.00 bits per heavy atom. The number of hydrogen-bond acceptors (Lipinski definition) is 5. The van der Waals surface area contributed by atoms with E-state index in [1.165, 1.54) is 6.20 Å². The molecule has 30 heavy (non-hydrogen) atoms. The standard InChI is InChI=1S/C23H22N4O3/c1-16-6-3-4-8-21(16)25-22(28)15-30-20-11-9-18(10-12-20)17(2)26-27-23(29)19-7-5-13-24-14-19/h3-14H,15H2,1-2H3,(H,25,28)(H,27,29)/b26-17-. The fraction of sp³-hybridized carbons (Fsp3) is 0.130. The van der Waals surface area contributed by atoms with E-state index in [0.717, 1.165) is 16.8 Å². The van der Waals surface area contributed by atoms with E-state index in [1.54, 1.807) is 37.4 Å². The van der Waals surface area contributed by atoms with Gasteiger partial charge in [-0.2, -0.15) is 5.10 Å². The third kappa shape index (κ3) is 5.75. The van der Waals surface area contributed by atoms with Gasteiger partial charge in [-0.25, -0.2) is 5.43 Å². The molecule has 1 aromatic heterocycles. The Hall–Kier alpha value is -4.00. The molecule has 2 N–H and O–H groups in total. The van der Waals surface area contributed by atoms with Crippen molar-refractivity contribution in [3.05, 3.63) is 89.7 Å². The van der Waals surface area contributed by atoms with Crippen LogP contribution in [0.2, 0.25) is 0 Å². The van der Waals surface area contributed by atoms with Gasteiger partial charge in [0.05, 0.1) is 11.3 Å². The number of hydrazone groups is 1. The summed E-state index contributed by atoms with van der Waals surface area (Å²) in [6.45, 7) is 3.62. The average Bonchev–Trinajstić information content (AvgIpc) is 2.78. The lowest BCUT2D eigenvalue weighted by Crippen LogP contribution is -2.20. The van der Waals surface area contributed by atoms with Crippen LogP contribution >= 0.6 is 0 Å². The van der Waals surface area contributed by atoms with Gasteiger partial charge in [0.25, 0.3) is 11.8 Å². The predicted molar refractivity (Wildman–Crippen MR) is 116 cm³/mol. The first-order chi connectivity index (χ1) is 14.5. The Kier molecular flexibility index (Phi) is 6.89. The van der Waals surface area contributed by atoms with Gasteiger partial charge in [0.1, 0.15) is 5.75 Å². The highest BCUT2D eigenvalue weighted by Gasteiger charge is 2.07. The van der Waals surface area contributed by atoms with Gasteiger partial charge in [0, 0.05) is 18.1 Å². The first-order valence-electron chi connectivity index (χ1n) is 9.36. The zero-order chi connectivity index (χ0) is 21.3. The molecule has 0 bridgehead atoms. The molecular formula is C23H22N4O3.